The van der Waals surface area contributed by atoms with E-state index in [2.05, 4.69) is 35.7 Å². The molecule has 0 aromatic heterocycles. The fourth-order valence-corrected chi connectivity index (χ4v) is 2.57. The highest BCUT2D eigenvalue weighted by molar-refractivity contribution is 14.0. The van der Waals surface area contributed by atoms with Gasteiger partial charge in [-0.15, -0.1) is 24.0 Å². The Morgan fingerprint density at radius 1 is 1.32 bits per heavy atom. The number of hydrogen-bond acceptors (Lipinski definition) is 2. The molecule has 2 N–H and O–H groups in total. The molecule has 4 nitrogen and oxygen atoms in total. The maximum atomic E-state index is 6.02. The molecular weight excluding hydrogens is 351 g/mol. The van der Waals surface area contributed by atoms with E-state index in [0.29, 0.717) is 12.1 Å². The Labute approximate surface area is 134 Å². The Balaban J connectivity index is 0.00000180. The lowest BCUT2D eigenvalue weighted by Crippen LogP contribution is -2.42. The molecule has 0 aromatic carbocycles. The van der Waals surface area contributed by atoms with Gasteiger partial charge in [-0.05, 0) is 51.6 Å². The Kier molecular flexibility index (Phi) is 6.86. The van der Waals surface area contributed by atoms with Crippen LogP contribution in [0.1, 0.15) is 39.5 Å². The summed E-state index contributed by atoms with van der Waals surface area (Å²) < 4.78 is 0. The minimum absolute atomic E-state index is 0. The van der Waals surface area contributed by atoms with Crippen molar-refractivity contribution in [3.05, 3.63) is 0 Å². The van der Waals surface area contributed by atoms with E-state index < -0.39 is 0 Å². The highest BCUT2D eigenvalue weighted by Gasteiger charge is 2.27. The van der Waals surface area contributed by atoms with Crippen molar-refractivity contribution in [2.24, 2.45) is 16.6 Å². The van der Waals surface area contributed by atoms with Crippen LogP contribution in [0.25, 0.3) is 0 Å². The summed E-state index contributed by atoms with van der Waals surface area (Å²) >= 11 is 0. The smallest absolute Gasteiger partial charge is 0.191 e. The molecule has 1 saturated carbocycles. The van der Waals surface area contributed by atoms with E-state index in [9.17, 15) is 0 Å². The molecule has 1 atom stereocenters. The van der Waals surface area contributed by atoms with Crippen molar-refractivity contribution in [3.63, 3.8) is 0 Å². The number of piperidine rings is 1. The average Bonchev–Trinajstić information content (AvgIpc) is 3.19. The lowest BCUT2D eigenvalue weighted by Gasteiger charge is -2.34. The third kappa shape index (κ3) is 5.10. The van der Waals surface area contributed by atoms with Crippen LogP contribution in [-0.2, 0) is 0 Å². The van der Waals surface area contributed by atoms with Gasteiger partial charge >= 0.3 is 0 Å². The fraction of sp³-hybridized carbons (Fsp3) is 0.929. The molecule has 1 unspecified atom stereocenters. The number of nitrogens with zero attached hydrogens (tertiary/aromatic N) is 3. The van der Waals surface area contributed by atoms with Crippen molar-refractivity contribution >= 4 is 29.9 Å². The molecule has 0 aromatic rings. The summed E-state index contributed by atoms with van der Waals surface area (Å²) in [5, 5.41) is 0. The summed E-state index contributed by atoms with van der Waals surface area (Å²) in [5.74, 6) is 1.61. The minimum atomic E-state index is 0. The lowest BCUT2D eigenvalue weighted by molar-refractivity contribution is 0.150. The highest BCUT2D eigenvalue weighted by atomic mass is 127. The molecule has 0 amide bonds. The quantitative estimate of drug-likeness (QED) is 0.462. The molecule has 2 aliphatic rings. The van der Waals surface area contributed by atoms with Gasteiger partial charge in [0, 0.05) is 19.1 Å². The second-order valence-electron chi connectivity index (χ2n) is 6.11. The zero-order chi connectivity index (χ0) is 13.1. The van der Waals surface area contributed by atoms with Gasteiger partial charge in [0.1, 0.15) is 0 Å². The largest absolute Gasteiger partial charge is 0.370 e. The van der Waals surface area contributed by atoms with E-state index in [1.807, 2.05) is 0 Å². The summed E-state index contributed by atoms with van der Waals surface area (Å²) in [7, 11) is 2.06. The molecule has 0 radical (unpaired) electrons. The Bertz CT molecular complexity index is 296. The van der Waals surface area contributed by atoms with Crippen molar-refractivity contribution in [2.45, 2.75) is 51.6 Å². The average molecular weight is 380 g/mol. The summed E-state index contributed by atoms with van der Waals surface area (Å²) in [6.07, 6.45) is 5.19. The molecule has 0 spiro atoms. The van der Waals surface area contributed by atoms with Crippen LogP contribution >= 0.6 is 24.0 Å². The summed E-state index contributed by atoms with van der Waals surface area (Å²) in [4.78, 5) is 9.24. The van der Waals surface area contributed by atoms with Gasteiger partial charge in [-0.2, -0.15) is 0 Å². The van der Waals surface area contributed by atoms with Crippen LogP contribution in [-0.4, -0.2) is 54.5 Å². The predicted molar refractivity (Wildman–Crippen MR) is 92.1 cm³/mol. The van der Waals surface area contributed by atoms with Gasteiger partial charge in [0.15, 0.2) is 5.96 Å². The van der Waals surface area contributed by atoms with E-state index in [1.54, 1.807) is 0 Å². The lowest BCUT2D eigenvalue weighted by atomic mass is 9.98. The van der Waals surface area contributed by atoms with Gasteiger partial charge in [0.2, 0.25) is 0 Å². The molecule has 5 heteroatoms. The highest BCUT2D eigenvalue weighted by Crippen LogP contribution is 2.25. The number of nitrogens with two attached hydrogens (primary N) is 1. The van der Waals surface area contributed by atoms with E-state index in [4.69, 9.17) is 5.73 Å². The Morgan fingerprint density at radius 2 is 1.89 bits per heavy atom. The molecule has 2 rings (SSSR count). The van der Waals surface area contributed by atoms with Crippen LogP contribution in [0, 0.1) is 5.92 Å². The van der Waals surface area contributed by atoms with E-state index in [0.717, 1.165) is 18.4 Å². The number of hydrogen-bond donors (Lipinski definition) is 1. The monoisotopic (exact) mass is 380 g/mol. The standard InChI is InChI=1S/C14H28N4.HI/c1-11-6-8-18(9-7-11)12(2)10-16-14(15)17(3)13-4-5-13;/h11-13H,4-10H2,1-3H3,(H2,15,16);1H. The number of likely N-dealkylation sites (tertiary alicyclic amines) is 1. The first-order valence-electron chi connectivity index (χ1n) is 7.34. The zero-order valence-corrected chi connectivity index (χ0v) is 14.8. The van der Waals surface area contributed by atoms with Crippen LogP contribution in [0.3, 0.4) is 0 Å². The normalized spacial score (nSPS) is 23.8. The Morgan fingerprint density at radius 3 is 2.42 bits per heavy atom. The van der Waals surface area contributed by atoms with Gasteiger partial charge in [0.05, 0.1) is 6.54 Å². The minimum Gasteiger partial charge on any atom is -0.370 e. The third-order valence-corrected chi connectivity index (χ3v) is 4.42. The molecule has 1 aliphatic heterocycles. The first-order chi connectivity index (χ1) is 8.58. The second-order valence-corrected chi connectivity index (χ2v) is 6.11. The number of guanidine groups is 1. The second kappa shape index (κ2) is 7.67. The number of rotatable bonds is 4. The summed E-state index contributed by atoms with van der Waals surface area (Å²) in [6, 6.07) is 1.17. The first-order valence-corrected chi connectivity index (χ1v) is 7.34. The molecule has 1 heterocycles. The van der Waals surface area contributed by atoms with Crippen LogP contribution in [0.5, 0.6) is 0 Å². The summed E-state index contributed by atoms with van der Waals surface area (Å²) in [6.45, 7) is 7.89. The molecular formula is C14H29IN4. The van der Waals surface area contributed by atoms with Crippen molar-refractivity contribution in [3.8, 4) is 0 Å². The predicted octanol–water partition coefficient (Wildman–Crippen LogP) is 2.13. The summed E-state index contributed by atoms with van der Waals surface area (Å²) in [5.41, 5.74) is 6.02. The van der Waals surface area contributed by atoms with Crippen molar-refractivity contribution < 1.29 is 0 Å². The van der Waals surface area contributed by atoms with Crippen LogP contribution in [0.15, 0.2) is 4.99 Å². The van der Waals surface area contributed by atoms with Crippen molar-refractivity contribution in [1.29, 1.82) is 0 Å². The maximum Gasteiger partial charge on any atom is 0.191 e. The maximum absolute atomic E-state index is 6.02. The zero-order valence-electron chi connectivity index (χ0n) is 12.5. The molecule has 19 heavy (non-hydrogen) atoms. The fourth-order valence-electron chi connectivity index (χ4n) is 2.57. The van der Waals surface area contributed by atoms with Gasteiger partial charge in [0.25, 0.3) is 0 Å². The molecule has 112 valence electrons. The van der Waals surface area contributed by atoms with E-state index >= 15 is 0 Å². The van der Waals surface area contributed by atoms with Crippen molar-refractivity contribution in [2.75, 3.05) is 26.7 Å². The topological polar surface area (TPSA) is 44.9 Å². The Hall–Kier alpha value is -0.0400. The van der Waals surface area contributed by atoms with Gasteiger partial charge in [-0.25, -0.2) is 0 Å². The molecule has 1 aliphatic carbocycles. The number of aliphatic imine (C=N–C) groups is 1. The molecule has 1 saturated heterocycles. The first kappa shape index (κ1) is 17.0. The van der Waals surface area contributed by atoms with E-state index in [1.165, 1.54) is 38.8 Å². The van der Waals surface area contributed by atoms with Gasteiger partial charge in [-0.3, -0.25) is 9.89 Å². The van der Waals surface area contributed by atoms with E-state index in [-0.39, 0.29) is 24.0 Å². The SMILES string of the molecule is CC1CCN(C(C)CN=C(N)N(C)C2CC2)CC1.I. The third-order valence-electron chi connectivity index (χ3n) is 4.42. The van der Waals surface area contributed by atoms with Crippen LogP contribution in [0.2, 0.25) is 0 Å². The van der Waals surface area contributed by atoms with Crippen LogP contribution < -0.4 is 5.73 Å². The van der Waals surface area contributed by atoms with Gasteiger partial charge in [-0.1, -0.05) is 6.92 Å². The number of halogens is 1. The molecule has 0 bridgehead atoms. The van der Waals surface area contributed by atoms with Crippen molar-refractivity contribution in [1.82, 2.24) is 9.80 Å². The molecule has 2 fully saturated rings. The van der Waals surface area contributed by atoms with Gasteiger partial charge < -0.3 is 10.6 Å². The van der Waals surface area contributed by atoms with Crippen LogP contribution in [0.4, 0.5) is 0 Å².